The van der Waals surface area contributed by atoms with Gasteiger partial charge in [0.2, 0.25) is 5.91 Å². The molecule has 0 bridgehead atoms. The van der Waals surface area contributed by atoms with Gasteiger partial charge < -0.3 is 4.90 Å². The van der Waals surface area contributed by atoms with E-state index in [9.17, 15) is 4.79 Å². The number of thioether (sulfide) groups is 2. The van der Waals surface area contributed by atoms with E-state index in [0.717, 1.165) is 42.6 Å². The average Bonchev–Trinajstić information content (AvgIpc) is 2.75. The lowest BCUT2D eigenvalue weighted by Gasteiger charge is -2.36. The Morgan fingerprint density at radius 2 is 2.28 bits per heavy atom. The van der Waals surface area contributed by atoms with Gasteiger partial charge in [0.25, 0.3) is 0 Å². The van der Waals surface area contributed by atoms with E-state index in [4.69, 9.17) is 0 Å². The summed E-state index contributed by atoms with van der Waals surface area (Å²) in [5.74, 6) is 1.39. The van der Waals surface area contributed by atoms with E-state index >= 15 is 0 Å². The van der Waals surface area contributed by atoms with Gasteiger partial charge in [-0.05, 0) is 18.3 Å². The Labute approximate surface area is 118 Å². The van der Waals surface area contributed by atoms with Gasteiger partial charge in [-0.3, -0.25) is 9.79 Å². The Kier molecular flexibility index (Phi) is 4.64. The minimum absolute atomic E-state index is 0.102. The molecule has 2 heterocycles. The van der Waals surface area contributed by atoms with Crippen molar-refractivity contribution in [3.05, 3.63) is 0 Å². The highest BCUT2D eigenvalue weighted by Gasteiger charge is 2.32. The molecule has 2 rings (SSSR count). The van der Waals surface area contributed by atoms with E-state index < -0.39 is 0 Å². The molecule has 1 fully saturated rings. The van der Waals surface area contributed by atoms with E-state index in [2.05, 4.69) is 25.8 Å². The summed E-state index contributed by atoms with van der Waals surface area (Å²) in [6.45, 7) is 9.27. The van der Waals surface area contributed by atoms with Crippen molar-refractivity contribution < 1.29 is 4.79 Å². The van der Waals surface area contributed by atoms with Crippen molar-refractivity contribution in [1.82, 2.24) is 4.90 Å². The van der Waals surface area contributed by atoms with Gasteiger partial charge >= 0.3 is 0 Å². The second-order valence-corrected chi connectivity index (χ2v) is 8.60. The molecular weight excluding hydrogens is 264 g/mol. The molecule has 18 heavy (non-hydrogen) atoms. The van der Waals surface area contributed by atoms with Crippen LogP contribution < -0.4 is 0 Å². The maximum absolute atomic E-state index is 12.4. The quantitative estimate of drug-likeness (QED) is 0.782. The predicted octanol–water partition coefficient (Wildman–Crippen LogP) is 2.86. The first-order valence-electron chi connectivity index (χ1n) is 6.58. The van der Waals surface area contributed by atoms with Crippen LogP contribution in [-0.4, -0.2) is 45.8 Å². The van der Waals surface area contributed by atoms with Gasteiger partial charge in [-0.15, -0.1) is 0 Å². The summed E-state index contributed by atoms with van der Waals surface area (Å²) in [7, 11) is 0. The third-order valence-corrected chi connectivity index (χ3v) is 5.41. The zero-order valence-electron chi connectivity index (χ0n) is 11.4. The molecule has 0 N–H and O–H groups in total. The Balaban J connectivity index is 1.93. The van der Waals surface area contributed by atoms with Crippen LogP contribution in [0, 0.1) is 5.41 Å². The number of piperidine rings is 1. The van der Waals surface area contributed by atoms with Crippen LogP contribution in [0.15, 0.2) is 4.99 Å². The van der Waals surface area contributed by atoms with Gasteiger partial charge in [-0.25, -0.2) is 0 Å². The average molecular weight is 286 g/mol. The number of carbonyl (C=O) groups is 1. The molecule has 1 atom stereocenters. The summed E-state index contributed by atoms with van der Waals surface area (Å²) in [5.41, 5.74) is 0.182. The second-order valence-electron chi connectivity index (χ2n) is 6.07. The molecule has 3 nitrogen and oxygen atoms in total. The molecule has 1 unspecified atom stereocenters. The van der Waals surface area contributed by atoms with Gasteiger partial charge in [0.1, 0.15) is 4.38 Å². The molecule has 102 valence electrons. The molecule has 5 heteroatoms. The van der Waals surface area contributed by atoms with Crippen molar-refractivity contribution >= 4 is 33.8 Å². The summed E-state index contributed by atoms with van der Waals surface area (Å²) in [6.07, 6.45) is 2.13. The SMILES string of the molecule is CC(C)(C)CN1CCCC(SC2=NCCS2)C1=O. The number of likely N-dealkylation sites (tertiary alicyclic amines) is 1. The Hall–Kier alpha value is -0.160. The van der Waals surface area contributed by atoms with E-state index in [-0.39, 0.29) is 10.7 Å². The molecule has 2 aliphatic rings. The molecule has 1 saturated heterocycles. The Morgan fingerprint density at radius 1 is 1.50 bits per heavy atom. The molecule has 0 spiro atoms. The molecule has 0 aliphatic carbocycles. The van der Waals surface area contributed by atoms with E-state index in [1.54, 1.807) is 23.5 Å². The zero-order chi connectivity index (χ0) is 13.2. The third kappa shape index (κ3) is 3.92. The molecule has 0 radical (unpaired) electrons. The fraction of sp³-hybridized carbons (Fsp3) is 0.846. The maximum Gasteiger partial charge on any atom is 0.236 e. The summed E-state index contributed by atoms with van der Waals surface area (Å²) < 4.78 is 1.12. The summed E-state index contributed by atoms with van der Waals surface area (Å²) in [6, 6.07) is 0. The lowest BCUT2D eigenvalue weighted by Crippen LogP contribution is -2.46. The summed E-state index contributed by atoms with van der Waals surface area (Å²) in [5, 5.41) is 0.102. The van der Waals surface area contributed by atoms with Crippen LogP contribution >= 0.6 is 23.5 Å². The fourth-order valence-electron chi connectivity index (χ4n) is 2.25. The fourth-order valence-corrected chi connectivity index (χ4v) is 4.61. The Morgan fingerprint density at radius 3 is 2.89 bits per heavy atom. The molecule has 0 aromatic heterocycles. The lowest BCUT2D eigenvalue weighted by atomic mass is 9.94. The topological polar surface area (TPSA) is 32.7 Å². The molecule has 0 aromatic carbocycles. The minimum atomic E-state index is 0.102. The monoisotopic (exact) mass is 286 g/mol. The van der Waals surface area contributed by atoms with Crippen molar-refractivity contribution in [1.29, 1.82) is 0 Å². The highest BCUT2D eigenvalue weighted by Crippen LogP contribution is 2.32. The minimum Gasteiger partial charge on any atom is -0.341 e. The van der Waals surface area contributed by atoms with Gasteiger partial charge in [0.05, 0.1) is 11.8 Å². The number of carbonyl (C=O) groups excluding carboxylic acids is 1. The second kappa shape index (κ2) is 5.87. The van der Waals surface area contributed by atoms with Crippen molar-refractivity contribution in [2.75, 3.05) is 25.4 Å². The van der Waals surface area contributed by atoms with Gasteiger partial charge in [-0.2, -0.15) is 0 Å². The van der Waals surface area contributed by atoms with Crippen molar-refractivity contribution in [2.45, 2.75) is 38.9 Å². The normalized spacial score (nSPS) is 25.5. The van der Waals surface area contributed by atoms with Gasteiger partial charge in [0.15, 0.2) is 0 Å². The van der Waals surface area contributed by atoms with Crippen molar-refractivity contribution in [2.24, 2.45) is 10.4 Å². The summed E-state index contributed by atoms with van der Waals surface area (Å²) in [4.78, 5) is 18.9. The number of amides is 1. The van der Waals surface area contributed by atoms with Crippen LogP contribution in [0.1, 0.15) is 33.6 Å². The number of hydrogen-bond donors (Lipinski definition) is 0. The lowest BCUT2D eigenvalue weighted by molar-refractivity contribution is -0.133. The highest BCUT2D eigenvalue weighted by atomic mass is 32.2. The first kappa shape index (κ1) is 14.3. The van der Waals surface area contributed by atoms with Crippen LogP contribution in [0.25, 0.3) is 0 Å². The number of hydrogen-bond acceptors (Lipinski definition) is 4. The first-order valence-corrected chi connectivity index (χ1v) is 8.45. The van der Waals surface area contributed by atoms with Crippen LogP contribution in [0.3, 0.4) is 0 Å². The van der Waals surface area contributed by atoms with Gasteiger partial charge in [0, 0.05) is 18.8 Å². The first-order chi connectivity index (χ1) is 8.46. The molecule has 1 amide bonds. The third-order valence-electron chi connectivity index (χ3n) is 2.95. The largest absolute Gasteiger partial charge is 0.341 e. The molecule has 0 aromatic rings. The number of rotatable bonds is 2. The highest BCUT2D eigenvalue weighted by molar-refractivity contribution is 8.39. The number of aliphatic imine (C=N–C) groups is 1. The maximum atomic E-state index is 12.4. The van der Waals surface area contributed by atoms with Crippen LogP contribution in [0.4, 0.5) is 0 Å². The number of nitrogens with zero attached hydrogens (tertiary/aromatic N) is 2. The van der Waals surface area contributed by atoms with Crippen molar-refractivity contribution in [3.8, 4) is 0 Å². The van der Waals surface area contributed by atoms with Gasteiger partial charge in [-0.1, -0.05) is 44.3 Å². The standard InChI is InChI=1S/C13H22N2OS2/c1-13(2,3)9-15-7-4-5-10(11(15)16)18-12-14-6-8-17-12/h10H,4-9H2,1-3H3. The molecule has 0 saturated carbocycles. The van der Waals surface area contributed by atoms with Crippen LogP contribution in [0.5, 0.6) is 0 Å². The molecular formula is C13H22N2OS2. The predicted molar refractivity (Wildman–Crippen MR) is 81.4 cm³/mol. The van der Waals surface area contributed by atoms with E-state index in [0.29, 0.717) is 5.91 Å². The van der Waals surface area contributed by atoms with Crippen LogP contribution in [0.2, 0.25) is 0 Å². The van der Waals surface area contributed by atoms with Crippen LogP contribution in [-0.2, 0) is 4.79 Å². The smallest absolute Gasteiger partial charge is 0.236 e. The zero-order valence-corrected chi connectivity index (χ0v) is 13.1. The Bertz CT molecular complexity index is 349. The van der Waals surface area contributed by atoms with E-state index in [1.807, 2.05) is 4.90 Å². The molecule has 2 aliphatic heterocycles. The van der Waals surface area contributed by atoms with Crippen molar-refractivity contribution in [3.63, 3.8) is 0 Å². The summed E-state index contributed by atoms with van der Waals surface area (Å²) >= 11 is 3.48. The van der Waals surface area contributed by atoms with E-state index in [1.165, 1.54) is 0 Å².